The fourth-order valence-electron chi connectivity index (χ4n) is 2.10. The van der Waals surface area contributed by atoms with E-state index >= 15 is 0 Å². The topological polar surface area (TPSA) is 25.2 Å². The van der Waals surface area contributed by atoms with Crippen LogP contribution < -0.4 is 5.32 Å². The molecule has 0 aliphatic carbocycles. The second-order valence-corrected chi connectivity index (χ2v) is 5.37. The fourth-order valence-corrected chi connectivity index (χ4v) is 2.78. The van der Waals surface area contributed by atoms with Crippen LogP contribution in [0.15, 0.2) is 39.6 Å². The maximum absolute atomic E-state index is 5.35. The van der Waals surface area contributed by atoms with E-state index in [9.17, 15) is 0 Å². The lowest BCUT2D eigenvalue weighted by Crippen LogP contribution is -2.37. The molecule has 2 nitrogen and oxygen atoms in total. The minimum atomic E-state index is 0.440. The van der Waals surface area contributed by atoms with Gasteiger partial charge in [-0.05, 0) is 54.8 Å². The zero-order chi connectivity index (χ0) is 12.1. The zero-order valence-electron chi connectivity index (χ0n) is 10.3. The van der Waals surface area contributed by atoms with E-state index < -0.39 is 0 Å². The van der Waals surface area contributed by atoms with Crippen molar-refractivity contribution in [3.63, 3.8) is 0 Å². The summed E-state index contributed by atoms with van der Waals surface area (Å²) in [4.78, 5) is 0. The van der Waals surface area contributed by atoms with Crippen LogP contribution in [0.1, 0.15) is 25.2 Å². The van der Waals surface area contributed by atoms with Crippen molar-refractivity contribution in [2.45, 2.75) is 38.8 Å². The van der Waals surface area contributed by atoms with Crippen LogP contribution in [0, 0.1) is 0 Å². The van der Waals surface area contributed by atoms with Crippen molar-refractivity contribution < 1.29 is 4.42 Å². The highest BCUT2D eigenvalue weighted by Gasteiger charge is 2.10. The Kier molecular flexibility index (Phi) is 4.40. The quantitative estimate of drug-likeness (QED) is 0.847. The largest absolute Gasteiger partial charge is 0.469 e. The van der Waals surface area contributed by atoms with E-state index in [2.05, 4.69) is 36.0 Å². The average Bonchev–Trinajstić information content (AvgIpc) is 2.90. The van der Waals surface area contributed by atoms with Crippen LogP contribution in [0.4, 0.5) is 0 Å². The van der Waals surface area contributed by atoms with E-state index in [0.717, 1.165) is 18.6 Å². The van der Waals surface area contributed by atoms with Crippen LogP contribution in [0.2, 0.25) is 0 Å². The molecule has 0 aliphatic rings. The van der Waals surface area contributed by atoms with E-state index in [0.29, 0.717) is 12.1 Å². The summed E-state index contributed by atoms with van der Waals surface area (Å²) in [7, 11) is 0. The monoisotopic (exact) mass is 249 g/mol. The number of furan rings is 1. The Balaban J connectivity index is 1.76. The first kappa shape index (κ1) is 12.4. The SMILES string of the molecule is CC(Cc1ccsc1)NC(C)Cc1ccco1. The first-order valence-corrected chi connectivity index (χ1v) is 6.98. The predicted octanol–water partition coefficient (Wildman–Crippen LogP) is 3.49. The molecule has 1 N–H and O–H groups in total. The van der Waals surface area contributed by atoms with Gasteiger partial charge in [-0.25, -0.2) is 0 Å². The first-order valence-electron chi connectivity index (χ1n) is 6.03. The van der Waals surface area contributed by atoms with E-state index in [1.165, 1.54) is 5.56 Å². The molecule has 0 aromatic carbocycles. The highest BCUT2D eigenvalue weighted by atomic mass is 32.1. The summed E-state index contributed by atoms with van der Waals surface area (Å²) in [5, 5.41) is 7.95. The van der Waals surface area contributed by atoms with Gasteiger partial charge in [0.2, 0.25) is 0 Å². The Bertz CT molecular complexity index is 367. The molecule has 0 amide bonds. The normalized spacial score (nSPS) is 14.7. The highest BCUT2D eigenvalue weighted by molar-refractivity contribution is 7.07. The van der Waals surface area contributed by atoms with Crippen molar-refractivity contribution in [1.82, 2.24) is 5.32 Å². The van der Waals surface area contributed by atoms with Gasteiger partial charge in [-0.1, -0.05) is 0 Å². The number of hydrogen-bond donors (Lipinski definition) is 1. The minimum Gasteiger partial charge on any atom is -0.469 e. The predicted molar refractivity (Wildman–Crippen MR) is 72.5 cm³/mol. The van der Waals surface area contributed by atoms with Crippen molar-refractivity contribution >= 4 is 11.3 Å². The molecule has 2 aromatic heterocycles. The second-order valence-electron chi connectivity index (χ2n) is 4.59. The molecule has 0 spiro atoms. The van der Waals surface area contributed by atoms with Crippen LogP contribution in [0.3, 0.4) is 0 Å². The molecule has 2 unspecified atom stereocenters. The Labute approximate surface area is 107 Å². The second kappa shape index (κ2) is 6.03. The number of rotatable bonds is 6. The first-order chi connectivity index (χ1) is 8.24. The lowest BCUT2D eigenvalue weighted by atomic mass is 10.1. The Hall–Kier alpha value is -1.06. The molecule has 0 bridgehead atoms. The van der Waals surface area contributed by atoms with Gasteiger partial charge in [0.1, 0.15) is 5.76 Å². The minimum absolute atomic E-state index is 0.440. The lowest BCUT2D eigenvalue weighted by Gasteiger charge is -2.18. The Morgan fingerprint density at radius 3 is 2.71 bits per heavy atom. The molecular weight excluding hydrogens is 230 g/mol. The molecule has 3 heteroatoms. The van der Waals surface area contributed by atoms with Crippen LogP contribution in [0.5, 0.6) is 0 Å². The van der Waals surface area contributed by atoms with Gasteiger partial charge in [-0.2, -0.15) is 11.3 Å². The van der Waals surface area contributed by atoms with Crippen LogP contribution in [-0.2, 0) is 12.8 Å². The summed E-state index contributed by atoms with van der Waals surface area (Å²) in [6, 6.07) is 7.10. The Morgan fingerprint density at radius 1 is 1.24 bits per heavy atom. The molecule has 2 aromatic rings. The number of nitrogens with one attached hydrogen (secondary N) is 1. The van der Waals surface area contributed by atoms with Crippen LogP contribution >= 0.6 is 11.3 Å². The zero-order valence-corrected chi connectivity index (χ0v) is 11.2. The summed E-state index contributed by atoms with van der Waals surface area (Å²) in [6.45, 7) is 4.43. The van der Waals surface area contributed by atoms with E-state index in [4.69, 9.17) is 4.42 Å². The summed E-state index contributed by atoms with van der Waals surface area (Å²) < 4.78 is 5.35. The summed E-state index contributed by atoms with van der Waals surface area (Å²) in [5.41, 5.74) is 1.42. The molecule has 2 atom stereocenters. The fraction of sp³-hybridized carbons (Fsp3) is 0.429. The molecule has 0 saturated carbocycles. The molecule has 2 rings (SSSR count). The number of hydrogen-bond acceptors (Lipinski definition) is 3. The van der Waals surface area contributed by atoms with Crippen LogP contribution in [0.25, 0.3) is 0 Å². The van der Waals surface area contributed by atoms with Gasteiger partial charge < -0.3 is 9.73 Å². The van der Waals surface area contributed by atoms with Crippen LogP contribution in [-0.4, -0.2) is 12.1 Å². The third kappa shape index (κ3) is 4.02. The van der Waals surface area contributed by atoms with Crippen molar-refractivity contribution in [1.29, 1.82) is 0 Å². The number of thiophene rings is 1. The van der Waals surface area contributed by atoms with Crippen molar-refractivity contribution in [3.05, 3.63) is 46.5 Å². The summed E-state index contributed by atoms with van der Waals surface area (Å²) in [5.74, 6) is 1.05. The maximum atomic E-state index is 5.35. The third-order valence-electron chi connectivity index (χ3n) is 2.78. The molecule has 2 heterocycles. The van der Waals surface area contributed by atoms with Gasteiger partial charge in [0, 0.05) is 18.5 Å². The van der Waals surface area contributed by atoms with E-state index in [1.807, 2.05) is 12.1 Å². The molecule has 0 saturated heterocycles. The lowest BCUT2D eigenvalue weighted by molar-refractivity contribution is 0.422. The molecule has 0 aliphatic heterocycles. The van der Waals surface area contributed by atoms with E-state index in [1.54, 1.807) is 17.6 Å². The van der Waals surface area contributed by atoms with Gasteiger partial charge in [0.05, 0.1) is 6.26 Å². The van der Waals surface area contributed by atoms with Crippen molar-refractivity contribution in [2.24, 2.45) is 0 Å². The smallest absolute Gasteiger partial charge is 0.105 e. The van der Waals surface area contributed by atoms with Gasteiger partial charge in [0.15, 0.2) is 0 Å². The van der Waals surface area contributed by atoms with Gasteiger partial charge in [-0.15, -0.1) is 0 Å². The Morgan fingerprint density at radius 2 is 2.06 bits per heavy atom. The molecule has 92 valence electrons. The average molecular weight is 249 g/mol. The summed E-state index contributed by atoms with van der Waals surface area (Å²) in [6.07, 6.45) is 3.77. The van der Waals surface area contributed by atoms with Gasteiger partial charge in [0.25, 0.3) is 0 Å². The van der Waals surface area contributed by atoms with E-state index in [-0.39, 0.29) is 0 Å². The van der Waals surface area contributed by atoms with Gasteiger partial charge in [-0.3, -0.25) is 0 Å². The maximum Gasteiger partial charge on any atom is 0.105 e. The third-order valence-corrected chi connectivity index (χ3v) is 3.51. The molecule has 0 radical (unpaired) electrons. The molecule has 17 heavy (non-hydrogen) atoms. The van der Waals surface area contributed by atoms with Crippen molar-refractivity contribution in [3.8, 4) is 0 Å². The van der Waals surface area contributed by atoms with Gasteiger partial charge >= 0.3 is 0 Å². The molecule has 0 fully saturated rings. The molecular formula is C14H19NOS. The summed E-state index contributed by atoms with van der Waals surface area (Å²) >= 11 is 1.76. The standard InChI is InChI=1S/C14H19NOS/c1-11(8-13-5-7-17-10-13)15-12(2)9-14-4-3-6-16-14/h3-7,10-12,15H,8-9H2,1-2H3. The van der Waals surface area contributed by atoms with Crippen molar-refractivity contribution in [2.75, 3.05) is 0 Å². The highest BCUT2D eigenvalue weighted by Crippen LogP contribution is 2.10.